The van der Waals surface area contributed by atoms with Crippen LogP contribution in [0.15, 0.2) is 35.7 Å². The van der Waals surface area contributed by atoms with Crippen LogP contribution in [0.4, 0.5) is 5.69 Å². The van der Waals surface area contributed by atoms with Gasteiger partial charge < -0.3 is 14.6 Å². The molecule has 7 heteroatoms. The molecule has 1 aromatic heterocycles. The first-order valence-electron chi connectivity index (χ1n) is 6.05. The molecule has 2 rings (SSSR count). The fourth-order valence-corrected chi connectivity index (χ4v) is 2.30. The number of aromatic nitrogens is 3. The van der Waals surface area contributed by atoms with Crippen LogP contribution in [0.3, 0.4) is 0 Å². The lowest BCUT2D eigenvalue weighted by Crippen LogP contribution is -2.22. The van der Waals surface area contributed by atoms with Gasteiger partial charge in [0.1, 0.15) is 12.1 Å². The molecule has 1 heterocycles. The third-order valence-corrected chi connectivity index (χ3v) is 3.83. The van der Waals surface area contributed by atoms with E-state index in [1.165, 1.54) is 11.8 Å². The van der Waals surface area contributed by atoms with E-state index in [0.717, 1.165) is 11.4 Å². The molecule has 0 spiro atoms. The highest BCUT2D eigenvalue weighted by Gasteiger charge is 2.17. The van der Waals surface area contributed by atoms with Crippen molar-refractivity contribution in [2.45, 2.75) is 17.3 Å². The fourth-order valence-electron chi connectivity index (χ4n) is 1.51. The van der Waals surface area contributed by atoms with Crippen LogP contribution in [0.1, 0.15) is 6.92 Å². The molecule has 106 valence electrons. The molecule has 0 aliphatic carbocycles. The van der Waals surface area contributed by atoms with Crippen molar-refractivity contribution in [1.82, 2.24) is 14.8 Å². The van der Waals surface area contributed by atoms with E-state index in [2.05, 4.69) is 15.5 Å². The summed E-state index contributed by atoms with van der Waals surface area (Å²) < 4.78 is 6.85. The van der Waals surface area contributed by atoms with Crippen LogP contribution in [0, 0.1) is 0 Å². The van der Waals surface area contributed by atoms with Crippen molar-refractivity contribution in [2.75, 3.05) is 12.4 Å². The molecule has 1 aromatic carbocycles. The van der Waals surface area contributed by atoms with E-state index >= 15 is 0 Å². The maximum atomic E-state index is 12.1. The van der Waals surface area contributed by atoms with Gasteiger partial charge >= 0.3 is 0 Å². The summed E-state index contributed by atoms with van der Waals surface area (Å²) in [6.45, 7) is 1.83. The minimum atomic E-state index is -0.264. The summed E-state index contributed by atoms with van der Waals surface area (Å²) in [6, 6.07) is 7.21. The van der Waals surface area contributed by atoms with Crippen molar-refractivity contribution in [3.63, 3.8) is 0 Å². The Kier molecular flexibility index (Phi) is 4.62. The van der Waals surface area contributed by atoms with Gasteiger partial charge in [-0.15, -0.1) is 10.2 Å². The molecule has 0 radical (unpaired) electrons. The standard InChI is InChI=1S/C13H16N4O2S/c1-9(20-13-16-14-8-17(13)2)12(18)15-10-4-6-11(19-3)7-5-10/h4-9H,1-3H3,(H,15,18)/t9-/m0/s1. The number of methoxy groups -OCH3 is 1. The van der Waals surface area contributed by atoms with Crippen LogP contribution < -0.4 is 10.1 Å². The number of benzene rings is 1. The predicted octanol–water partition coefficient (Wildman–Crippen LogP) is 1.94. The van der Waals surface area contributed by atoms with E-state index in [4.69, 9.17) is 4.74 Å². The molecule has 0 saturated carbocycles. The van der Waals surface area contributed by atoms with Crippen molar-refractivity contribution >= 4 is 23.4 Å². The number of ether oxygens (including phenoxy) is 1. The average molecular weight is 292 g/mol. The van der Waals surface area contributed by atoms with Gasteiger partial charge in [-0.05, 0) is 31.2 Å². The molecule has 20 heavy (non-hydrogen) atoms. The van der Waals surface area contributed by atoms with Gasteiger partial charge in [-0.2, -0.15) is 0 Å². The second kappa shape index (κ2) is 6.42. The average Bonchev–Trinajstić information content (AvgIpc) is 2.85. The maximum absolute atomic E-state index is 12.1. The molecular weight excluding hydrogens is 276 g/mol. The number of amides is 1. The van der Waals surface area contributed by atoms with Crippen molar-refractivity contribution in [1.29, 1.82) is 0 Å². The Labute approximate surface area is 121 Å². The lowest BCUT2D eigenvalue weighted by Gasteiger charge is -2.11. The molecule has 0 bridgehead atoms. The van der Waals surface area contributed by atoms with Gasteiger partial charge in [0.05, 0.1) is 12.4 Å². The first kappa shape index (κ1) is 14.4. The van der Waals surface area contributed by atoms with Crippen molar-refractivity contribution in [3.05, 3.63) is 30.6 Å². The fraction of sp³-hybridized carbons (Fsp3) is 0.308. The Bertz CT molecular complexity index is 582. The molecule has 1 atom stereocenters. The molecule has 0 aliphatic rings. The van der Waals surface area contributed by atoms with Crippen LogP contribution in [0.5, 0.6) is 5.75 Å². The van der Waals surface area contributed by atoms with Gasteiger partial charge in [0.2, 0.25) is 5.91 Å². The summed E-state index contributed by atoms with van der Waals surface area (Å²) >= 11 is 1.36. The Hall–Kier alpha value is -2.02. The molecule has 0 fully saturated rings. The Morgan fingerprint density at radius 1 is 1.40 bits per heavy atom. The summed E-state index contributed by atoms with van der Waals surface area (Å²) in [6.07, 6.45) is 1.61. The molecule has 2 aromatic rings. The van der Waals surface area contributed by atoms with Gasteiger partial charge in [0, 0.05) is 12.7 Å². The number of carbonyl (C=O) groups excluding carboxylic acids is 1. The van der Waals surface area contributed by atoms with E-state index in [-0.39, 0.29) is 11.2 Å². The number of nitrogens with zero attached hydrogens (tertiary/aromatic N) is 3. The predicted molar refractivity (Wildman–Crippen MR) is 77.9 cm³/mol. The maximum Gasteiger partial charge on any atom is 0.237 e. The molecule has 0 unspecified atom stereocenters. The molecule has 6 nitrogen and oxygen atoms in total. The lowest BCUT2D eigenvalue weighted by atomic mass is 10.3. The number of carbonyl (C=O) groups is 1. The van der Waals surface area contributed by atoms with Crippen LogP contribution in [-0.2, 0) is 11.8 Å². The number of anilines is 1. The summed E-state index contributed by atoms with van der Waals surface area (Å²) in [5.41, 5.74) is 0.737. The highest BCUT2D eigenvalue weighted by Crippen LogP contribution is 2.22. The van der Waals surface area contributed by atoms with Crippen molar-refractivity contribution < 1.29 is 9.53 Å². The van der Waals surface area contributed by atoms with E-state index in [0.29, 0.717) is 5.16 Å². The smallest absolute Gasteiger partial charge is 0.237 e. The minimum absolute atomic E-state index is 0.0804. The van der Waals surface area contributed by atoms with E-state index in [1.807, 2.05) is 14.0 Å². The second-order valence-electron chi connectivity index (χ2n) is 4.20. The van der Waals surface area contributed by atoms with Crippen molar-refractivity contribution in [3.8, 4) is 5.75 Å². The van der Waals surface area contributed by atoms with E-state index in [1.54, 1.807) is 42.3 Å². The zero-order valence-corrected chi connectivity index (χ0v) is 12.3. The van der Waals surface area contributed by atoms with E-state index in [9.17, 15) is 4.79 Å². The van der Waals surface area contributed by atoms with Crippen LogP contribution in [0.25, 0.3) is 0 Å². The third kappa shape index (κ3) is 3.51. The number of rotatable bonds is 5. The van der Waals surface area contributed by atoms with Crippen LogP contribution in [0.2, 0.25) is 0 Å². The van der Waals surface area contributed by atoms with E-state index < -0.39 is 0 Å². The highest BCUT2D eigenvalue weighted by molar-refractivity contribution is 8.00. The second-order valence-corrected chi connectivity index (χ2v) is 5.51. The third-order valence-electron chi connectivity index (χ3n) is 2.68. The van der Waals surface area contributed by atoms with Crippen LogP contribution >= 0.6 is 11.8 Å². The Morgan fingerprint density at radius 3 is 2.65 bits per heavy atom. The first-order valence-corrected chi connectivity index (χ1v) is 6.93. The topological polar surface area (TPSA) is 69.0 Å². The summed E-state index contributed by atoms with van der Waals surface area (Å²) in [5, 5.41) is 11.0. The van der Waals surface area contributed by atoms with Gasteiger partial charge in [-0.3, -0.25) is 4.79 Å². The first-order chi connectivity index (χ1) is 9.60. The normalized spacial score (nSPS) is 11.9. The number of thioether (sulfide) groups is 1. The Balaban J connectivity index is 1.95. The zero-order valence-electron chi connectivity index (χ0n) is 11.5. The van der Waals surface area contributed by atoms with Gasteiger partial charge in [0.15, 0.2) is 5.16 Å². The molecule has 0 aliphatic heterocycles. The highest BCUT2D eigenvalue weighted by atomic mass is 32.2. The number of aryl methyl sites for hydroxylation is 1. The Morgan fingerprint density at radius 2 is 2.10 bits per heavy atom. The minimum Gasteiger partial charge on any atom is -0.497 e. The zero-order chi connectivity index (χ0) is 14.5. The largest absolute Gasteiger partial charge is 0.497 e. The number of hydrogen-bond acceptors (Lipinski definition) is 5. The van der Waals surface area contributed by atoms with Gasteiger partial charge in [-0.25, -0.2) is 0 Å². The van der Waals surface area contributed by atoms with Gasteiger partial charge in [0.25, 0.3) is 0 Å². The quantitative estimate of drug-likeness (QED) is 0.853. The lowest BCUT2D eigenvalue weighted by molar-refractivity contribution is -0.115. The van der Waals surface area contributed by atoms with Gasteiger partial charge in [-0.1, -0.05) is 11.8 Å². The summed E-state index contributed by atoms with van der Waals surface area (Å²) in [4.78, 5) is 12.1. The molecule has 1 amide bonds. The monoisotopic (exact) mass is 292 g/mol. The number of hydrogen-bond donors (Lipinski definition) is 1. The SMILES string of the molecule is COc1ccc(NC(=O)[C@H](C)Sc2nncn2C)cc1. The number of nitrogens with one attached hydrogen (secondary N) is 1. The van der Waals surface area contributed by atoms with Crippen LogP contribution in [-0.4, -0.2) is 33.0 Å². The summed E-state index contributed by atoms with van der Waals surface area (Å²) in [5.74, 6) is 0.674. The molecule has 1 N–H and O–H groups in total. The molecular formula is C13H16N4O2S. The summed E-state index contributed by atoms with van der Waals surface area (Å²) in [7, 11) is 3.45. The van der Waals surface area contributed by atoms with Crippen molar-refractivity contribution in [2.24, 2.45) is 7.05 Å². The molecule has 0 saturated heterocycles.